The Hall–Kier alpha value is -2.35. The summed E-state index contributed by atoms with van der Waals surface area (Å²) in [5.74, 6) is 1.01. The van der Waals surface area contributed by atoms with Crippen LogP contribution in [-0.4, -0.2) is 71.0 Å². The number of ether oxygens (including phenoxy) is 1. The van der Waals surface area contributed by atoms with Crippen molar-refractivity contribution in [3.63, 3.8) is 0 Å². The summed E-state index contributed by atoms with van der Waals surface area (Å²) in [4.78, 5) is 21.4. The number of amides is 2. The number of nitrogens with one attached hydrogen (secondary N) is 1. The first-order chi connectivity index (χ1) is 13.8. The minimum absolute atomic E-state index is 0.0167. The molecule has 0 radical (unpaired) electrons. The Morgan fingerprint density at radius 3 is 2.86 bits per heavy atom. The molecule has 2 aliphatic heterocycles. The van der Waals surface area contributed by atoms with Gasteiger partial charge in [-0.3, -0.25) is 0 Å². The summed E-state index contributed by atoms with van der Waals surface area (Å²) >= 11 is 0. The van der Waals surface area contributed by atoms with E-state index in [0.29, 0.717) is 19.6 Å². The average molecular weight is 384 g/mol. The molecule has 28 heavy (non-hydrogen) atoms. The summed E-state index contributed by atoms with van der Waals surface area (Å²) in [6.07, 6.45) is 10.7. The van der Waals surface area contributed by atoms with E-state index < -0.39 is 0 Å². The average Bonchev–Trinajstić information content (AvgIpc) is 3.39. The molecule has 0 spiro atoms. The van der Waals surface area contributed by atoms with Crippen LogP contribution in [0.4, 0.5) is 10.6 Å². The van der Waals surface area contributed by atoms with Crippen molar-refractivity contribution in [1.29, 1.82) is 0 Å². The van der Waals surface area contributed by atoms with Gasteiger partial charge >= 0.3 is 6.03 Å². The molecule has 2 fully saturated rings. The third kappa shape index (κ3) is 3.30. The van der Waals surface area contributed by atoms with Crippen molar-refractivity contribution in [3.8, 4) is 0 Å². The van der Waals surface area contributed by atoms with E-state index in [4.69, 9.17) is 14.8 Å². The molecule has 1 atom stereocenters. The van der Waals surface area contributed by atoms with Crippen molar-refractivity contribution in [1.82, 2.24) is 24.8 Å². The minimum Gasteiger partial charge on any atom is -0.376 e. The van der Waals surface area contributed by atoms with Gasteiger partial charge in [0.25, 0.3) is 0 Å². The fourth-order valence-electron chi connectivity index (χ4n) is 4.62. The summed E-state index contributed by atoms with van der Waals surface area (Å²) in [5.41, 5.74) is 3.76. The number of rotatable bonds is 3. The van der Waals surface area contributed by atoms with E-state index in [2.05, 4.69) is 10.2 Å². The van der Waals surface area contributed by atoms with E-state index >= 15 is 0 Å². The van der Waals surface area contributed by atoms with Crippen LogP contribution in [-0.2, 0) is 17.6 Å². The molecule has 0 aromatic carbocycles. The van der Waals surface area contributed by atoms with Gasteiger partial charge in [0.15, 0.2) is 5.82 Å². The second kappa shape index (κ2) is 7.58. The predicted molar refractivity (Wildman–Crippen MR) is 106 cm³/mol. The van der Waals surface area contributed by atoms with Gasteiger partial charge in [-0.15, -0.1) is 0 Å². The van der Waals surface area contributed by atoms with Crippen molar-refractivity contribution >= 4 is 17.4 Å². The van der Waals surface area contributed by atoms with Gasteiger partial charge in [-0.25, -0.2) is 14.3 Å². The lowest BCUT2D eigenvalue weighted by atomic mass is 9.97. The molecule has 2 aromatic heterocycles. The number of fused-ring (bicyclic) bond motifs is 3. The lowest BCUT2D eigenvalue weighted by molar-refractivity contribution is 0.108. The van der Waals surface area contributed by atoms with E-state index in [9.17, 15) is 4.79 Å². The summed E-state index contributed by atoms with van der Waals surface area (Å²) in [6, 6.07) is 0.0167. The molecular weight excluding hydrogens is 356 g/mol. The second-order valence-corrected chi connectivity index (χ2v) is 7.97. The summed E-state index contributed by atoms with van der Waals surface area (Å²) in [6.45, 7) is 4.42. The van der Waals surface area contributed by atoms with Crippen LogP contribution in [0.25, 0.3) is 5.52 Å². The molecular formula is C20H28N6O2. The molecule has 1 unspecified atom stereocenters. The van der Waals surface area contributed by atoms with Gasteiger partial charge in [0.05, 0.1) is 11.8 Å². The Morgan fingerprint density at radius 1 is 1.18 bits per heavy atom. The summed E-state index contributed by atoms with van der Waals surface area (Å²) in [7, 11) is 0. The van der Waals surface area contributed by atoms with Gasteiger partial charge in [-0.05, 0) is 38.5 Å². The van der Waals surface area contributed by atoms with Crippen molar-refractivity contribution in [3.05, 3.63) is 23.7 Å². The molecule has 150 valence electrons. The standard InChI is InChI=1S/C20H28N6O2/c27-20(22-14-15-4-3-13-28-15)25-11-9-24(10-12-25)19-18-16-5-1-2-6-17(16)23-26(18)8-7-21-19/h7-8,15H,1-6,9-14H2,(H,22,27). The van der Waals surface area contributed by atoms with Gasteiger partial charge in [0, 0.05) is 57.3 Å². The number of hydrogen-bond donors (Lipinski definition) is 1. The minimum atomic E-state index is 0.0167. The highest BCUT2D eigenvalue weighted by atomic mass is 16.5. The zero-order valence-electron chi connectivity index (χ0n) is 16.3. The maximum absolute atomic E-state index is 12.5. The molecule has 1 aliphatic carbocycles. The molecule has 0 saturated carbocycles. The zero-order valence-corrected chi connectivity index (χ0v) is 16.3. The molecule has 1 N–H and O–H groups in total. The van der Waals surface area contributed by atoms with Gasteiger partial charge < -0.3 is 19.9 Å². The smallest absolute Gasteiger partial charge is 0.317 e. The fraction of sp³-hybridized carbons (Fsp3) is 0.650. The van der Waals surface area contributed by atoms with Crippen LogP contribution in [0.5, 0.6) is 0 Å². The van der Waals surface area contributed by atoms with E-state index in [1.54, 1.807) is 0 Å². The molecule has 0 bridgehead atoms. The first-order valence-electron chi connectivity index (χ1n) is 10.5. The van der Waals surface area contributed by atoms with Crippen molar-refractivity contribution in [2.75, 3.05) is 44.2 Å². The lowest BCUT2D eigenvalue weighted by Crippen LogP contribution is -2.53. The van der Waals surface area contributed by atoms with Crippen LogP contribution < -0.4 is 10.2 Å². The summed E-state index contributed by atoms with van der Waals surface area (Å²) in [5, 5.41) is 7.81. The first kappa shape index (κ1) is 17.7. The van der Waals surface area contributed by atoms with Crippen LogP contribution in [0.2, 0.25) is 0 Å². The third-order valence-corrected chi connectivity index (χ3v) is 6.17. The van der Waals surface area contributed by atoms with Crippen LogP contribution in [0.15, 0.2) is 12.4 Å². The van der Waals surface area contributed by atoms with Crippen molar-refractivity contribution < 1.29 is 9.53 Å². The largest absolute Gasteiger partial charge is 0.376 e. The van der Waals surface area contributed by atoms with Crippen LogP contribution in [0.3, 0.4) is 0 Å². The van der Waals surface area contributed by atoms with Gasteiger partial charge in [0.2, 0.25) is 0 Å². The number of carbonyl (C=O) groups is 1. The van der Waals surface area contributed by atoms with E-state index in [0.717, 1.165) is 56.7 Å². The van der Waals surface area contributed by atoms with Crippen molar-refractivity contribution in [2.45, 2.75) is 44.6 Å². The zero-order chi connectivity index (χ0) is 18.9. The molecule has 2 amide bonds. The van der Waals surface area contributed by atoms with Gasteiger partial charge in [0.1, 0.15) is 5.52 Å². The van der Waals surface area contributed by atoms with Gasteiger partial charge in [-0.1, -0.05) is 0 Å². The number of carbonyl (C=O) groups excluding carboxylic acids is 1. The number of piperazine rings is 1. The predicted octanol–water partition coefficient (Wildman–Crippen LogP) is 1.62. The summed E-state index contributed by atoms with van der Waals surface area (Å²) < 4.78 is 7.59. The van der Waals surface area contributed by atoms with Gasteiger partial charge in [-0.2, -0.15) is 5.10 Å². The molecule has 2 aromatic rings. The fourth-order valence-corrected chi connectivity index (χ4v) is 4.62. The van der Waals surface area contributed by atoms with E-state index in [-0.39, 0.29) is 12.1 Å². The highest BCUT2D eigenvalue weighted by Gasteiger charge is 2.27. The Bertz CT molecular complexity index is 852. The normalized spacial score (nSPS) is 22.5. The highest BCUT2D eigenvalue weighted by Crippen LogP contribution is 2.30. The molecule has 2 saturated heterocycles. The Morgan fingerprint density at radius 2 is 2.04 bits per heavy atom. The first-order valence-corrected chi connectivity index (χ1v) is 10.5. The van der Waals surface area contributed by atoms with E-state index in [1.807, 2.05) is 21.8 Å². The SMILES string of the molecule is O=C(NCC1CCCO1)N1CCN(c2nccn3nc4c(c23)CCCC4)CC1. The second-order valence-electron chi connectivity index (χ2n) is 7.97. The van der Waals surface area contributed by atoms with Crippen LogP contribution in [0.1, 0.15) is 36.9 Å². The third-order valence-electron chi connectivity index (χ3n) is 6.17. The van der Waals surface area contributed by atoms with Crippen LogP contribution >= 0.6 is 0 Å². The number of nitrogens with zero attached hydrogens (tertiary/aromatic N) is 5. The number of aryl methyl sites for hydroxylation is 2. The topological polar surface area (TPSA) is 75.0 Å². The molecule has 8 heteroatoms. The Balaban J connectivity index is 1.25. The number of anilines is 1. The monoisotopic (exact) mass is 384 g/mol. The number of urea groups is 1. The quantitative estimate of drug-likeness (QED) is 0.870. The maximum Gasteiger partial charge on any atom is 0.317 e. The molecule has 3 aliphatic rings. The number of hydrogen-bond acceptors (Lipinski definition) is 5. The molecule has 5 rings (SSSR count). The lowest BCUT2D eigenvalue weighted by Gasteiger charge is -2.35. The maximum atomic E-state index is 12.5. The van der Waals surface area contributed by atoms with Crippen LogP contribution in [0, 0.1) is 0 Å². The highest BCUT2D eigenvalue weighted by molar-refractivity contribution is 5.76. The number of aromatic nitrogens is 3. The molecule has 8 nitrogen and oxygen atoms in total. The Kier molecular flexibility index (Phi) is 4.80. The Labute approximate surface area is 164 Å². The van der Waals surface area contributed by atoms with E-state index in [1.165, 1.54) is 24.1 Å². The van der Waals surface area contributed by atoms with Crippen molar-refractivity contribution in [2.24, 2.45) is 0 Å². The molecule has 4 heterocycles.